The fourth-order valence-corrected chi connectivity index (χ4v) is 4.06. The molecule has 0 spiro atoms. The maximum absolute atomic E-state index is 12.1. The average Bonchev–Trinajstić information content (AvgIpc) is 2.72. The number of guanidine groups is 1. The number of hydrogen-bond acceptors (Lipinski definition) is 3. The van der Waals surface area contributed by atoms with Crippen LogP contribution < -0.4 is 15.4 Å². The first-order valence-electron chi connectivity index (χ1n) is 10.6. The fourth-order valence-electron chi connectivity index (χ4n) is 4.06. The number of nitrogens with one attached hydrogen (secondary N) is 2. The smallest absolute Gasteiger partial charge is 0.243 e. The summed E-state index contributed by atoms with van der Waals surface area (Å²) >= 11 is 0. The summed E-state index contributed by atoms with van der Waals surface area (Å²) in [5, 5.41) is 7.19. The Kier molecular flexibility index (Phi) is 7.18. The van der Waals surface area contributed by atoms with E-state index < -0.39 is 0 Å². The molecule has 0 saturated heterocycles. The molecular formula is C22H34N4O2. The molecule has 1 heterocycles. The number of para-hydroxylation sites is 1. The Balaban J connectivity index is 1.73. The van der Waals surface area contributed by atoms with Gasteiger partial charge in [-0.15, -0.1) is 0 Å². The van der Waals surface area contributed by atoms with Gasteiger partial charge in [0.15, 0.2) is 5.96 Å². The highest BCUT2D eigenvalue weighted by Crippen LogP contribution is 2.31. The lowest BCUT2D eigenvalue weighted by Crippen LogP contribution is -2.47. The van der Waals surface area contributed by atoms with Crippen molar-refractivity contribution in [1.82, 2.24) is 15.5 Å². The zero-order valence-electron chi connectivity index (χ0n) is 17.4. The van der Waals surface area contributed by atoms with E-state index in [9.17, 15) is 4.79 Å². The summed E-state index contributed by atoms with van der Waals surface area (Å²) in [4.78, 5) is 18.3. The molecule has 1 aromatic carbocycles. The minimum absolute atomic E-state index is 0.00329. The van der Waals surface area contributed by atoms with E-state index in [1.54, 1.807) is 19.0 Å². The maximum atomic E-state index is 12.1. The molecule has 1 amide bonds. The van der Waals surface area contributed by atoms with Gasteiger partial charge in [0.2, 0.25) is 5.91 Å². The first kappa shape index (κ1) is 20.5. The van der Waals surface area contributed by atoms with Crippen molar-refractivity contribution in [3.05, 3.63) is 29.8 Å². The molecule has 2 aliphatic rings. The van der Waals surface area contributed by atoms with Crippen molar-refractivity contribution in [3.63, 3.8) is 0 Å². The van der Waals surface area contributed by atoms with Gasteiger partial charge < -0.3 is 20.3 Å². The minimum Gasteiger partial charge on any atom is -0.493 e. The monoisotopic (exact) mass is 386 g/mol. The van der Waals surface area contributed by atoms with E-state index in [2.05, 4.69) is 28.6 Å². The molecule has 1 fully saturated rings. The van der Waals surface area contributed by atoms with E-state index in [0.29, 0.717) is 12.6 Å². The van der Waals surface area contributed by atoms with Crippen LogP contribution in [0.3, 0.4) is 0 Å². The van der Waals surface area contributed by atoms with Crippen LogP contribution in [0, 0.1) is 5.92 Å². The normalized spacial score (nSPS) is 24.7. The topological polar surface area (TPSA) is 66.0 Å². The van der Waals surface area contributed by atoms with Crippen molar-refractivity contribution in [2.45, 2.75) is 57.5 Å². The predicted molar refractivity (Wildman–Crippen MR) is 113 cm³/mol. The third-order valence-electron chi connectivity index (χ3n) is 5.84. The molecule has 3 atom stereocenters. The van der Waals surface area contributed by atoms with Gasteiger partial charge >= 0.3 is 0 Å². The molecule has 0 aromatic heterocycles. The van der Waals surface area contributed by atoms with Gasteiger partial charge in [-0.05, 0) is 24.8 Å². The summed E-state index contributed by atoms with van der Waals surface area (Å²) in [6.07, 6.45) is 7.00. The number of rotatable bonds is 5. The molecular weight excluding hydrogens is 352 g/mol. The first-order chi connectivity index (χ1) is 13.6. The number of aliphatic imine (C=N–C) groups is 1. The summed E-state index contributed by atoms with van der Waals surface area (Å²) in [6, 6.07) is 8.69. The molecule has 1 saturated carbocycles. The van der Waals surface area contributed by atoms with Gasteiger partial charge in [0.1, 0.15) is 12.3 Å². The molecule has 6 nitrogen and oxygen atoms in total. The van der Waals surface area contributed by atoms with Crippen LogP contribution in [0.2, 0.25) is 0 Å². The van der Waals surface area contributed by atoms with Crippen molar-refractivity contribution in [2.24, 2.45) is 10.9 Å². The molecule has 3 rings (SSSR count). The lowest BCUT2D eigenvalue weighted by Gasteiger charge is -2.33. The Hall–Kier alpha value is -2.24. The number of fused-ring (bicyclic) bond motifs is 1. The third-order valence-corrected chi connectivity index (χ3v) is 5.84. The summed E-state index contributed by atoms with van der Waals surface area (Å²) in [6.45, 7) is 3.10. The zero-order valence-corrected chi connectivity index (χ0v) is 17.4. The van der Waals surface area contributed by atoms with Gasteiger partial charge in [-0.2, -0.15) is 0 Å². The molecule has 6 heteroatoms. The summed E-state index contributed by atoms with van der Waals surface area (Å²) in [7, 11) is 3.53. The number of nitrogens with zero attached hydrogens (tertiary/aromatic N) is 2. The van der Waals surface area contributed by atoms with Crippen LogP contribution in [-0.4, -0.2) is 50.1 Å². The summed E-state index contributed by atoms with van der Waals surface area (Å²) < 4.78 is 5.78. The lowest BCUT2D eigenvalue weighted by atomic mass is 9.84. The second-order valence-corrected chi connectivity index (χ2v) is 8.11. The summed E-state index contributed by atoms with van der Waals surface area (Å²) in [5.41, 5.74) is 1.15. The Labute approximate surface area is 168 Å². The van der Waals surface area contributed by atoms with Gasteiger partial charge in [-0.3, -0.25) is 4.79 Å². The van der Waals surface area contributed by atoms with E-state index in [4.69, 9.17) is 4.74 Å². The number of carbonyl (C=O) groups excluding carboxylic acids is 1. The maximum Gasteiger partial charge on any atom is 0.243 e. The second kappa shape index (κ2) is 9.80. The Morgan fingerprint density at radius 2 is 2.04 bits per heavy atom. The van der Waals surface area contributed by atoms with E-state index >= 15 is 0 Å². The lowest BCUT2D eigenvalue weighted by molar-refractivity contribution is -0.127. The van der Waals surface area contributed by atoms with E-state index in [-0.39, 0.29) is 18.5 Å². The largest absolute Gasteiger partial charge is 0.493 e. The van der Waals surface area contributed by atoms with Gasteiger partial charge in [-0.1, -0.05) is 44.4 Å². The van der Waals surface area contributed by atoms with Crippen LogP contribution in [0.25, 0.3) is 0 Å². The number of likely N-dealkylation sites (N-methyl/N-ethyl adjacent to an activating group) is 1. The Bertz CT molecular complexity index is 689. The third kappa shape index (κ3) is 5.40. The van der Waals surface area contributed by atoms with E-state index in [0.717, 1.165) is 36.0 Å². The van der Waals surface area contributed by atoms with Crippen LogP contribution in [0.15, 0.2) is 29.3 Å². The molecule has 1 aliphatic heterocycles. The Morgan fingerprint density at radius 1 is 1.21 bits per heavy atom. The molecule has 154 valence electrons. The second-order valence-electron chi connectivity index (χ2n) is 8.11. The van der Waals surface area contributed by atoms with Gasteiger partial charge in [0.25, 0.3) is 0 Å². The Morgan fingerprint density at radius 3 is 2.82 bits per heavy atom. The predicted octanol–water partition coefficient (Wildman–Crippen LogP) is 3.10. The molecule has 1 aromatic rings. The van der Waals surface area contributed by atoms with Gasteiger partial charge in [-0.25, -0.2) is 4.99 Å². The van der Waals surface area contributed by atoms with Crippen molar-refractivity contribution < 1.29 is 9.53 Å². The number of carbonyl (C=O) groups is 1. The molecule has 0 radical (unpaired) electrons. The number of ether oxygens (including phenoxy) is 1. The average molecular weight is 387 g/mol. The SMILES string of the molecule is CCC1CCCC(NC(=NCC(=O)N(C)C)NC2CCOc3ccccc32)C1. The molecule has 0 bridgehead atoms. The van der Waals surface area contributed by atoms with Crippen molar-refractivity contribution in [3.8, 4) is 5.75 Å². The van der Waals surface area contributed by atoms with Crippen molar-refractivity contribution >= 4 is 11.9 Å². The molecule has 2 N–H and O–H groups in total. The minimum atomic E-state index is 0.00329. The fraction of sp³-hybridized carbons (Fsp3) is 0.636. The van der Waals surface area contributed by atoms with Crippen molar-refractivity contribution in [2.75, 3.05) is 27.2 Å². The van der Waals surface area contributed by atoms with Crippen LogP contribution in [0.1, 0.15) is 57.1 Å². The van der Waals surface area contributed by atoms with Crippen LogP contribution in [0.5, 0.6) is 5.75 Å². The van der Waals surface area contributed by atoms with Crippen molar-refractivity contribution in [1.29, 1.82) is 0 Å². The molecule has 3 unspecified atom stereocenters. The zero-order chi connectivity index (χ0) is 19.9. The first-order valence-corrected chi connectivity index (χ1v) is 10.6. The van der Waals surface area contributed by atoms with Crippen LogP contribution in [0.4, 0.5) is 0 Å². The highest BCUT2D eigenvalue weighted by atomic mass is 16.5. The number of benzene rings is 1. The highest BCUT2D eigenvalue weighted by Gasteiger charge is 2.25. The van der Waals surface area contributed by atoms with Crippen LogP contribution >= 0.6 is 0 Å². The van der Waals surface area contributed by atoms with Crippen LogP contribution in [-0.2, 0) is 4.79 Å². The number of amides is 1. The molecule has 1 aliphatic carbocycles. The van der Waals surface area contributed by atoms with E-state index in [1.807, 2.05) is 18.2 Å². The quantitative estimate of drug-likeness (QED) is 0.603. The molecule has 28 heavy (non-hydrogen) atoms. The number of hydrogen-bond donors (Lipinski definition) is 2. The van der Waals surface area contributed by atoms with Gasteiger partial charge in [0.05, 0.1) is 12.6 Å². The summed E-state index contributed by atoms with van der Waals surface area (Å²) in [5.74, 6) is 2.45. The highest BCUT2D eigenvalue weighted by molar-refractivity contribution is 5.85. The standard InChI is InChI=1S/C22H34N4O2/c1-4-16-8-7-9-17(14-16)24-22(23-15-21(27)26(2)3)25-19-12-13-28-20-11-6-5-10-18(19)20/h5-6,10-11,16-17,19H,4,7-9,12-15H2,1-3H3,(H2,23,24,25). The van der Waals surface area contributed by atoms with E-state index in [1.165, 1.54) is 25.7 Å². The van der Waals surface area contributed by atoms with Gasteiger partial charge in [0, 0.05) is 32.1 Å².